The molecule has 0 spiro atoms. The number of sulfonamides is 1. The van der Waals surface area contributed by atoms with Crippen molar-refractivity contribution >= 4 is 50.5 Å². The number of rotatable bonds is 4. The molecule has 2 aromatic carbocycles. The van der Waals surface area contributed by atoms with Gasteiger partial charge in [-0.25, -0.2) is 12.8 Å². The number of hydrogen-bond acceptors (Lipinski definition) is 3. The van der Waals surface area contributed by atoms with E-state index in [1.54, 1.807) is 0 Å². The minimum atomic E-state index is -4.00. The van der Waals surface area contributed by atoms with Crippen LogP contribution >= 0.6 is 34.8 Å². The van der Waals surface area contributed by atoms with Crippen molar-refractivity contribution in [2.45, 2.75) is 4.90 Å². The van der Waals surface area contributed by atoms with Gasteiger partial charge in [-0.1, -0.05) is 34.8 Å². The van der Waals surface area contributed by atoms with Crippen LogP contribution in [0.1, 0.15) is 0 Å². The Balaban J connectivity index is 2.42. The van der Waals surface area contributed by atoms with Gasteiger partial charge in [0.2, 0.25) is 0 Å². The molecule has 0 atom stereocenters. The van der Waals surface area contributed by atoms with E-state index in [1.165, 1.54) is 19.2 Å². The lowest BCUT2D eigenvalue weighted by molar-refractivity contribution is 0.385. The van der Waals surface area contributed by atoms with Crippen molar-refractivity contribution in [1.29, 1.82) is 0 Å². The summed E-state index contributed by atoms with van der Waals surface area (Å²) in [4.78, 5) is -0.187. The molecule has 118 valence electrons. The summed E-state index contributed by atoms with van der Waals surface area (Å²) in [7, 11) is -2.76. The average Bonchev–Trinajstić information content (AvgIpc) is 2.44. The Kier molecular flexibility index (Phi) is 5.07. The zero-order valence-electron chi connectivity index (χ0n) is 11.0. The zero-order chi connectivity index (χ0) is 16.5. The molecule has 0 bridgehead atoms. The van der Waals surface area contributed by atoms with E-state index in [0.717, 1.165) is 18.2 Å². The molecule has 2 rings (SSSR count). The maximum atomic E-state index is 13.4. The van der Waals surface area contributed by atoms with Crippen LogP contribution in [0.5, 0.6) is 5.75 Å². The van der Waals surface area contributed by atoms with Gasteiger partial charge in [-0.3, -0.25) is 4.72 Å². The Hall–Kier alpha value is -1.21. The Labute approximate surface area is 141 Å². The molecule has 1 N–H and O–H groups in total. The highest BCUT2D eigenvalue weighted by Crippen LogP contribution is 2.33. The number of methoxy groups -OCH3 is 1. The predicted molar refractivity (Wildman–Crippen MR) is 85.2 cm³/mol. The van der Waals surface area contributed by atoms with Crippen LogP contribution < -0.4 is 9.46 Å². The summed E-state index contributed by atoms with van der Waals surface area (Å²) in [6.07, 6.45) is 0. The lowest BCUT2D eigenvalue weighted by atomic mass is 10.3. The van der Waals surface area contributed by atoms with Gasteiger partial charge in [0.05, 0.1) is 32.8 Å². The number of ether oxygens (including phenoxy) is 1. The molecule has 0 aliphatic heterocycles. The Morgan fingerprint density at radius 2 is 1.68 bits per heavy atom. The van der Waals surface area contributed by atoms with Crippen LogP contribution in [-0.2, 0) is 10.0 Å². The van der Waals surface area contributed by atoms with Gasteiger partial charge < -0.3 is 4.74 Å². The van der Waals surface area contributed by atoms with Crippen molar-refractivity contribution in [3.63, 3.8) is 0 Å². The molecule has 0 aliphatic carbocycles. The van der Waals surface area contributed by atoms with Gasteiger partial charge in [-0.15, -0.1) is 0 Å². The quantitative estimate of drug-likeness (QED) is 0.784. The molecule has 22 heavy (non-hydrogen) atoms. The van der Waals surface area contributed by atoms with Gasteiger partial charge in [-0.05, 0) is 24.3 Å². The fourth-order valence-electron chi connectivity index (χ4n) is 1.61. The van der Waals surface area contributed by atoms with Gasteiger partial charge in [-0.2, -0.15) is 0 Å². The molecule has 0 aromatic heterocycles. The van der Waals surface area contributed by atoms with Crippen LogP contribution in [0.25, 0.3) is 0 Å². The minimum absolute atomic E-state index is 0.0550. The van der Waals surface area contributed by atoms with Crippen LogP contribution in [0.4, 0.5) is 10.1 Å². The number of benzene rings is 2. The van der Waals surface area contributed by atoms with E-state index in [9.17, 15) is 12.8 Å². The van der Waals surface area contributed by atoms with E-state index >= 15 is 0 Å². The lowest BCUT2D eigenvalue weighted by Gasteiger charge is -2.11. The first-order valence-corrected chi connectivity index (χ1v) is 8.37. The van der Waals surface area contributed by atoms with Gasteiger partial charge >= 0.3 is 0 Å². The molecule has 0 saturated heterocycles. The van der Waals surface area contributed by atoms with E-state index in [2.05, 4.69) is 4.72 Å². The summed E-state index contributed by atoms with van der Waals surface area (Å²) in [5, 5.41) is 0.408. The highest BCUT2D eigenvalue weighted by atomic mass is 35.5. The number of anilines is 1. The van der Waals surface area contributed by atoms with E-state index in [0.29, 0.717) is 0 Å². The largest absolute Gasteiger partial charge is 0.494 e. The maximum Gasteiger partial charge on any atom is 0.262 e. The molecule has 0 aliphatic rings. The van der Waals surface area contributed by atoms with Crippen LogP contribution in [0.3, 0.4) is 0 Å². The van der Waals surface area contributed by atoms with Gasteiger partial charge in [0.1, 0.15) is 0 Å². The molecular formula is C13H9Cl3FNO3S. The first kappa shape index (κ1) is 17.1. The van der Waals surface area contributed by atoms with E-state index < -0.39 is 15.8 Å². The normalized spacial score (nSPS) is 11.3. The monoisotopic (exact) mass is 383 g/mol. The second kappa shape index (κ2) is 6.50. The molecule has 9 heteroatoms. The van der Waals surface area contributed by atoms with Gasteiger partial charge in [0, 0.05) is 6.07 Å². The third kappa shape index (κ3) is 3.57. The number of hydrogen-bond donors (Lipinski definition) is 1. The Bertz CT molecular complexity index is 828. The zero-order valence-corrected chi connectivity index (χ0v) is 14.1. The summed E-state index contributed by atoms with van der Waals surface area (Å²) in [6.45, 7) is 0. The minimum Gasteiger partial charge on any atom is -0.494 e. The van der Waals surface area contributed by atoms with Crippen LogP contribution in [0.2, 0.25) is 15.1 Å². The molecule has 0 heterocycles. The van der Waals surface area contributed by atoms with Crippen molar-refractivity contribution in [3.05, 3.63) is 51.2 Å². The van der Waals surface area contributed by atoms with Crippen LogP contribution in [0.15, 0.2) is 35.2 Å². The molecule has 0 fully saturated rings. The highest BCUT2D eigenvalue weighted by Gasteiger charge is 2.19. The highest BCUT2D eigenvalue weighted by molar-refractivity contribution is 7.92. The van der Waals surface area contributed by atoms with Gasteiger partial charge in [0.25, 0.3) is 10.0 Å². The van der Waals surface area contributed by atoms with Crippen LogP contribution in [-0.4, -0.2) is 15.5 Å². The predicted octanol–water partition coefficient (Wildman–Crippen LogP) is 4.60. The molecular weight excluding hydrogens is 376 g/mol. The molecule has 0 saturated carbocycles. The summed E-state index contributed by atoms with van der Waals surface area (Å²) in [6, 6.07) is 5.75. The molecule has 0 radical (unpaired) electrons. The van der Waals surface area contributed by atoms with Crippen molar-refractivity contribution in [2.24, 2.45) is 0 Å². The third-order valence-electron chi connectivity index (χ3n) is 2.69. The van der Waals surface area contributed by atoms with Gasteiger partial charge in [0.15, 0.2) is 11.6 Å². The first-order valence-electron chi connectivity index (χ1n) is 5.75. The SMILES string of the molecule is COc1cc(S(=O)(=O)Nc2cc(Cl)c(Cl)cc2Cl)ccc1F. The van der Waals surface area contributed by atoms with Crippen molar-refractivity contribution < 1.29 is 17.5 Å². The molecule has 4 nitrogen and oxygen atoms in total. The van der Waals surface area contributed by atoms with Crippen molar-refractivity contribution in [2.75, 3.05) is 11.8 Å². The van der Waals surface area contributed by atoms with Crippen molar-refractivity contribution in [1.82, 2.24) is 0 Å². The average molecular weight is 385 g/mol. The van der Waals surface area contributed by atoms with Crippen molar-refractivity contribution in [3.8, 4) is 5.75 Å². The molecule has 0 amide bonds. The summed E-state index contributed by atoms with van der Waals surface area (Å²) >= 11 is 17.5. The maximum absolute atomic E-state index is 13.4. The van der Waals surface area contributed by atoms with Crippen LogP contribution in [0, 0.1) is 5.82 Å². The second-order valence-corrected chi connectivity index (χ2v) is 7.05. The number of nitrogens with one attached hydrogen (secondary N) is 1. The topological polar surface area (TPSA) is 55.4 Å². The molecule has 2 aromatic rings. The van der Waals surface area contributed by atoms with E-state index in [4.69, 9.17) is 39.5 Å². The lowest BCUT2D eigenvalue weighted by Crippen LogP contribution is -2.13. The first-order chi connectivity index (χ1) is 10.2. The standard InChI is InChI=1S/C13H9Cl3FNO3S/c1-21-13-4-7(2-3-11(13)17)22(19,20)18-12-6-9(15)8(14)5-10(12)16/h2-6,18H,1H3. The van der Waals surface area contributed by atoms with E-state index in [-0.39, 0.29) is 31.4 Å². The third-order valence-corrected chi connectivity index (χ3v) is 5.09. The fraction of sp³-hybridized carbons (Fsp3) is 0.0769. The fourth-order valence-corrected chi connectivity index (χ4v) is 3.35. The Morgan fingerprint density at radius 1 is 1.05 bits per heavy atom. The molecule has 0 unspecified atom stereocenters. The smallest absolute Gasteiger partial charge is 0.262 e. The summed E-state index contributed by atoms with van der Waals surface area (Å²) < 4.78 is 45.0. The Morgan fingerprint density at radius 3 is 2.32 bits per heavy atom. The second-order valence-electron chi connectivity index (χ2n) is 4.15. The summed E-state index contributed by atoms with van der Waals surface area (Å²) in [5.74, 6) is -0.864. The summed E-state index contributed by atoms with van der Waals surface area (Å²) in [5.41, 5.74) is 0.0550. The van der Waals surface area contributed by atoms with E-state index in [1.807, 2.05) is 0 Å². The number of halogens is 4.